The second-order valence-corrected chi connectivity index (χ2v) is 26.9. The molecule has 14 nitrogen and oxygen atoms in total. The third-order valence-corrected chi connectivity index (χ3v) is 19.7. The minimum Gasteiger partial charge on any atom is -0.684 e. The van der Waals surface area contributed by atoms with Crippen LogP contribution >= 0.6 is 0 Å². The van der Waals surface area contributed by atoms with Gasteiger partial charge in [0.1, 0.15) is 46.5 Å². The monoisotopic (exact) mass is 1600 g/mol. The maximum Gasteiger partial charge on any atom is 5.00 e. The summed E-state index contributed by atoms with van der Waals surface area (Å²) in [5, 5.41) is 41.3. The van der Waals surface area contributed by atoms with Gasteiger partial charge in [-0.15, -0.1) is 103 Å². The van der Waals surface area contributed by atoms with Crippen molar-refractivity contribution in [2.75, 3.05) is 78.5 Å². The molecule has 7 aromatic rings. The smallest absolute Gasteiger partial charge is 0.684 e. The Morgan fingerprint density at radius 1 is 0.355 bits per heavy atom. The van der Waals surface area contributed by atoms with Crippen LogP contribution in [-0.4, -0.2) is 129 Å². The number of fused-ring (bicyclic) bond motifs is 8. The molecule has 5 fully saturated rings. The van der Waals surface area contributed by atoms with Crippen molar-refractivity contribution in [3.63, 3.8) is 0 Å². The molecule has 0 N–H and O–H groups in total. The van der Waals surface area contributed by atoms with Gasteiger partial charge in [-0.1, -0.05) is 157 Å². The Morgan fingerprint density at radius 3 is 0.832 bits per heavy atom. The van der Waals surface area contributed by atoms with E-state index in [0.717, 1.165) is 151 Å². The van der Waals surface area contributed by atoms with Gasteiger partial charge in [0.05, 0.1) is 45.0 Å². The molecule has 5 unspecified atom stereocenters. The van der Waals surface area contributed by atoms with Crippen LogP contribution < -0.4 is 9.97 Å². The summed E-state index contributed by atoms with van der Waals surface area (Å²) in [5.74, 6) is -7.96. The molecule has 1 radical (unpaired) electrons. The molecule has 11 heterocycles. The zero-order chi connectivity index (χ0) is 72.9. The summed E-state index contributed by atoms with van der Waals surface area (Å²) in [6.07, 6.45) is 31.5. The topological polar surface area (TPSA) is 193 Å². The third-order valence-electron chi connectivity index (χ3n) is 19.7. The summed E-state index contributed by atoms with van der Waals surface area (Å²) in [6.45, 7) is 22.3. The van der Waals surface area contributed by atoms with Gasteiger partial charge in [-0.3, -0.25) is 0 Å². The molecule has 25 heteroatoms. The number of piperidine rings is 5. The molecule has 107 heavy (non-hydrogen) atoms. The Balaban J connectivity index is 0.000000233. The van der Waals surface area contributed by atoms with Crippen LogP contribution in [0.4, 0.5) is 35.1 Å². The normalized spacial score (nSPS) is 19.4. The standard InChI is InChI=1S/C44H20F8N4.C18H33N4.C18H29N4.2CN.2Cu.Fe/c45-21-5-1-6-22(46)37(21)41-29-13-15-31(53-29)42(38-23(47)7-2-8-24(38)48)33-17-19-35(55-33)44(40-27(51)11-4-12-28(40)52)36-20-18-34(56-36)43(32-16-14-30(41)54-32)39-25(49)9-3-10-26(39)50;2*1-4-10-19-16(7-1)13-22(14-17-8-2-5-11-20-17)15-18-9-3-6-12-21-18;2*1-2;;;/h1-20H;16-18H,1-15H2;1,4,7,17-18H,2-3,5-6,8-15H2;;;;;/q-2;2*-3;2*-1;2*+1;+5. The molecule has 5 atom stereocenters. The molecular formula is C82H82Cu2F8FeN14-3. The zero-order valence-corrected chi connectivity index (χ0v) is 62.0. The van der Waals surface area contributed by atoms with E-state index in [9.17, 15) is 0 Å². The summed E-state index contributed by atoms with van der Waals surface area (Å²) in [5.41, 5.74) is -2.44. The molecule has 0 aliphatic carbocycles. The first kappa shape index (κ1) is 85.1. The van der Waals surface area contributed by atoms with Crippen molar-refractivity contribution in [3.05, 3.63) is 235 Å². The van der Waals surface area contributed by atoms with Gasteiger partial charge in [0.2, 0.25) is 0 Å². The van der Waals surface area contributed by atoms with Gasteiger partial charge < -0.3 is 75.3 Å². The van der Waals surface area contributed by atoms with Gasteiger partial charge >= 0.3 is 51.2 Å². The number of hydrogen-bond acceptors (Lipinski definition) is 6. The predicted molar refractivity (Wildman–Crippen MR) is 396 cm³/mol. The molecule has 8 aliphatic heterocycles. The molecule has 0 saturated carbocycles. The molecule has 569 valence electrons. The Bertz CT molecular complexity index is 3860. The molecular weight excluding hydrogens is 1520 g/mol. The first-order chi connectivity index (χ1) is 50.9. The van der Waals surface area contributed by atoms with Crippen LogP contribution in [0.1, 0.15) is 119 Å². The van der Waals surface area contributed by atoms with Crippen molar-refractivity contribution in [2.24, 2.45) is 0 Å². The van der Waals surface area contributed by atoms with Crippen LogP contribution in [0.3, 0.4) is 0 Å². The van der Waals surface area contributed by atoms with Gasteiger partial charge in [0, 0.05) is 6.54 Å². The van der Waals surface area contributed by atoms with Crippen LogP contribution in [0.5, 0.6) is 0 Å². The molecule has 8 bridgehead atoms. The first-order valence-electron chi connectivity index (χ1n) is 36.0. The second-order valence-electron chi connectivity index (χ2n) is 26.9. The zero-order valence-electron chi connectivity index (χ0n) is 59.0. The van der Waals surface area contributed by atoms with E-state index < -0.39 is 68.8 Å². The van der Waals surface area contributed by atoms with Crippen LogP contribution in [0.15, 0.2) is 121 Å². The van der Waals surface area contributed by atoms with E-state index in [2.05, 4.69) is 53.3 Å². The fourth-order valence-electron chi connectivity index (χ4n) is 14.8. The number of nitrogens with zero attached hydrogens (tertiary/aromatic N) is 14. The van der Waals surface area contributed by atoms with E-state index in [4.69, 9.17) is 50.3 Å². The van der Waals surface area contributed by atoms with Crippen LogP contribution in [0.2, 0.25) is 0 Å². The number of rotatable bonds is 16. The Kier molecular flexibility index (Phi) is 33.7. The van der Waals surface area contributed by atoms with Crippen LogP contribution in [0, 0.1) is 70.2 Å². The maximum absolute atomic E-state index is 15.7. The van der Waals surface area contributed by atoms with Crippen LogP contribution in [0.25, 0.3) is 123 Å². The van der Waals surface area contributed by atoms with Gasteiger partial charge in [-0.25, -0.2) is 45.1 Å². The molecule has 3 aromatic heterocycles. The van der Waals surface area contributed by atoms with Crippen molar-refractivity contribution < 1.29 is 86.3 Å². The summed E-state index contributed by atoms with van der Waals surface area (Å²) < 4.78 is 125. The summed E-state index contributed by atoms with van der Waals surface area (Å²) in [4.78, 5) is 23.7. The molecule has 8 aliphatic rings. The SMILES string of the molecule is C1=CC[N-]C(CN(CC2CCCC[N-]2)CC2CCCC[N-]2)=C1.C1CCC(CN(CC2CCCC[N-]2)CC2CCCC[N-]2)[N-]C1.Fc1cccc(F)c1-c1c2nc(c(-c3c(F)cccc3F)c3ccc([n-]3)c(-c3c(F)cccc3F)c3nc(c(-c4c(F)cccc4F)c4ccc1[n-]4)C=C3)C=C2.[C-]#N.[C-]#N.[Cu+].[Cu+].[Fe+5]. The van der Waals surface area contributed by atoms with E-state index in [0.29, 0.717) is 30.2 Å². The van der Waals surface area contributed by atoms with E-state index in [1.807, 2.05) is 0 Å². The van der Waals surface area contributed by atoms with Crippen molar-refractivity contribution in [2.45, 2.75) is 127 Å². The van der Waals surface area contributed by atoms with Crippen LogP contribution in [-0.2, 0) is 51.2 Å². The fourth-order valence-corrected chi connectivity index (χ4v) is 14.8. The van der Waals surface area contributed by atoms with Gasteiger partial charge in [0.25, 0.3) is 0 Å². The summed E-state index contributed by atoms with van der Waals surface area (Å²) in [6, 6.07) is 21.0. The predicted octanol–water partition coefficient (Wildman–Crippen LogP) is 19.9. The van der Waals surface area contributed by atoms with Gasteiger partial charge in [-0.2, -0.15) is 0 Å². The second kappa shape index (κ2) is 42.4. The molecule has 5 saturated heterocycles. The van der Waals surface area contributed by atoms with Gasteiger partial charge in [0.15, 0.2) is 0 Å². The van der Waals surface area contributed by atoms with E-state index >= 15 is 35.1 Å². The Hall–Kier alpha value is -7.54. The minimum absolute atomic E-state index is 0. The molecule has 4 aromatic carbocycles. The van der Waals surface area contributed by atoms with Crippen molar-refractivity contribution in [3.8, 4) is 44.5 Å². The number of benzene rings is 4. The van der Waals surface area contributed by atoms with E-state index in [-0.39, 0.29) is 118 Å². The number of allylic oxidation sites excluding steroid dienone is 2. The average Bonchev–Trinajstić information content (AvgIpc) is 1.59. The Morgan fingerprint density at radius 2 is 0.607 bits per heavy atom. The molecule has 0 amide bonds. The number of hydrogen-bond donors (Lipinski definition) is 0. The van der Waals surface area contributed by atoms with E-state index in [1.54, 1.807) is 0 Å². The van der Waals surface area contributed by atoms with Gasteiger partial charge in [-0.05, 0) is 128 Å². The summed E-state index contributed by atoms with van der Waals surface area (Å²) in [7, 11) is 0. The summed E-state index contributed by atoms with van der Waals surface area (Å²) >= 11 is 0. The fraction of sp³-hybridized carbons (Fsp3) is 0.390. The first-order valence-corrected chi connectivity index (χ1v) is 36.0. The maximum atomic E-state index is 15.7. The minimum atomic E-state index is -0.995. The largest absolute Gasteiger partial charge is 5.00 e. The molecule has 15 rings (SSSR count). The Labute approximate surface area is 653 Å². The number of halogens is 8. The van der Waals surface area contributed by atoms with E-state index in [1.165, 1.54) is 151 Å². The van der Waals surface area contributed by atoms with Crippen molar-refractivity contribution in [1.82, 2.24) is 29.7 Å². The van der Waals surface area contributed by atoms with Crippen molar-refractivity contribution in [1.29, 1.82) is 10.5 Å². The average molecular weight is 1600 g/mol. The molecule has 0 spiro atoms. The van der Waals surface area contributed by atoms with Crippen molar-refractivity contribution >= 4 is 46.4 Å². The quantitative estimate of drug-likeness (QED) is 0.0518. The third kappa shape index (κ3) is 21.9. The number of aromatic nitrogens is 4.